The number of aliphatic hydroxyl groups is 2. The molecular weight excluding hydrogens is 636 g/mol. The first-order valence-corrected chi connectivity index (χ1v) is 13.8. The summed E-state index contributed by atoms with van der Waals surface area (Å²) in [6.45, 7) is 0. The van der Waals surface area contributed by atoms with Crippen molar-refractivity contribution in [2.75, 3.05) is 19.4 Å². The van der Waals surface area contributed by atoms with E-state index in [0.29, 0.717) is 6.07 Å². The van der Waals surface area contributed by atoms with Crippen LogP contribution in [-0.2, 0) is 19.1 Å². The lowest BCUT2D eigenvalue weighted by atomic mass is 9.45. The number of aliphatic hydroxyl groups excluding tert-OH is 2. The third kappa shape index (κ3) is 4.00. The number of fused-ring (bicyclic) bond motifs is 3. The van der Waals surface area contributed by atoms with Gasteiger partial charge < -0.3 is 48.1 Å². The minimum atomic E-state index is -3.26. The molecule has 2 aromatic rings. The van der Waals surface area contributed by atoms with Gasteiger partial charge in [-0.3, -0.25) is 34.7 Å². The number of carbonyl (C=O) groups excluding carboxylic acids is 4. The Morgan fingerprint density at radius 2 is 1.77 bits per heavy atom. The number of phenols is 2. The van der Waals surface area contributed by atoms with E-state index < -0.39 is 114 Å². The number of nitriles is 1. The van der Waals surface area contributed by atoms with Crippen molar-refractivity contribution in [3.8, 4) is 17.6 Å². The molecule has 0 unspecified atom stereocenters. The van der Waals surface area contributed by atoms with Crippen molar-refractivity contribution in [3.05, 3.63) is 74.5 Å². The van der Waals surface area contributed by atoms with Crippen molar-refractivity contribution in [2.24, 2.45) is 28.3 Å². The second-order valence-electron chi connectivity index (χ2n) is 11.7. The molecule has 1 saturated carbocycles. The molecule has 0 radical (unpaired) electrons. The van der Waals surface area contributed by atoms with Gasteiger partial charge in [-0.05, 0) is 37.9 Å². The lowest BCUT2D eigenvalue weighted by Crippen LogP contribution is -2.88. The number of Topliss-reactive ketones (excluding diaryl/α,β-unsaturated/α-hetero) is 2. The van der Waals surface area contributed by atoms with Crippen molar-refractivity contribution in [1.29, 1.82) is 5.26 Å². The Labute approximate surface area is 269 Å². The Kier molecular flexibility index (Phi) is 7.45. The van der Waals surface area contributed by atoms with Crippen LogP contribution in [0.4, 0.5) is 16.2 Å². The zero-order valence-electron chi connectivity index (χ0n) is 25.0. The first-order chi connectivity index (χ1) is 22.3. The van der Waals surface area contributed by atoms with E-state index in [-0.39, 0.29) is 5.56 Å². The van der Waals surface area contributed by atoms with Crippen LogP contribution in [0, 0.1) is 26.9 Å². The van der Waals surface area contributed by atoms with Crippen LogP contribution in [0.1, 0.15) is 17.2 Å². The zero-order valence-corrected chi connectivity index (χ0v) is 25.0. The fourth-order valence-corrected chi connectivity index (χ4v) is 7.03. The van der Waals surface area contributed by atoms with Crippen molar-refractivity contribution < 1.29 is 49.3 Å². The largest absolute Gasteiger partial charge is 0.509 e. The summed E-state index contributed by atoms with van der Waals surface area (Å²) in [5, 5.41) is 67.9. The molecule has 0 heterocycles. The molecule has 6 atom stereocenters. The number of nitro groups is 1. The van der Waals surface area contributed by atoms with E-state index in [2.05, 4.69) is 5.32 Å². The molecule has 1 fully saturated rings. The standard InChI is InChI=1S/C29H28N8O11/c1-36(2)21-19(41)16(24(32)44)22(42)27(9-30)23(43)17-18(40)15-11(4-3-5-14(15)39)20(31)28(17,33)25(29(21,27)34)48-26(45)35-12-7-6-10(38)8-13(12)37(46)47/h3-8,20-21,25,38-40,42H,31,33-34H2,1-2H3,(H2,32,44)(H,35,45)/t20-,21+,25-,27-,28+,29-/m0/s1. The number of ether oxygens (including phenoxy) is 1. The van der Waals surface area contributed by atoms with Gasteiger partial charge in [-0.25, -0.2) is 4.79 Å². The molecule has 0 aliphatic heterocycles. The SMILES string of the molecule is CN(C)[C@@H]1C(=O)C(C(N)=O)=C(O)[C@@]2(C#N)C(=O)C3=C(O)c4c(O)cccc4[C@H](N)[C@@]3(N)[C@H](OC(=O)Nc3ccc(O)cc3[N+](=O)[O-])[C@@]12N. The number of aromatic hydroxyl groups is 2. The lowest BCUT2D eigenvalue weighted by Gasteiger charge is -2.62. The fraction of sp³-hybridized carbons (Fsp3) is 0.276. The highest BCUT2D eigenvalue weighted by Crippen LogP contribution is 2.61. The molecule has 0 bridgehead atoms. The van der Waals surface area contributed by atoms with Gasteiger partial charge in [-0.2, -0.15) is 5.26 Å². The molecule has 3 aliphatic carbocycles. The van der Waals surface area contributed by atoms with Gasteiger partial charge in [-0.1, -0.05) is 12.1 Å². The van der Waals surface area contributed by atoms with E-state index >= 15 is 0 Å². The van der Waals surface area contributed by atoms with Crippen LogP contribution in [0.3, 0.4) is 0 Å². The number of nitro benzene ring substituents is 1. The highest BCUT2D eigenvalue weighted by molar-refractivity contribution is 6.26. The van der Waals surface area contributed by atoms with Crippen LogP contribution in [0.2, 0.25) is 0 Å². The molecule has 250 valence electrons. The van der Waals surface area contributed by atoms with Gasteiger partial charge >= 0.3 is 6.09 Å². The minimum Gasteiger partial charge on any atom is -0.509 e. The van der Waals surface area contributed by atoms with E-state index in [9.17, 15) is 55.0 Å². The number of nitrogens with one attached hydrogen (secondary N) is 1. The summed E-state index contributed by atoms with van der Waals surface area (Å²) >= 11 is 0. The first kappa shape index (κ1) is 33.3. The van der Waals surface area contributed by atoms with Crippen molar-refractivity contribution in [2.45, 2.75) is 29.3 Å². The third-order valence-corrected chi connectivity index (χ3v) is 9.03. The van der Waals surface area contributed by atoms with E-state index in [0.717, 1.165) is 23.1 Å². The molecule has 5 rings (SSSR count). The number of hydrogen-bond donors (Lipinski definition) is 9. The number of carbonyl (C=O) groups is 4. The van der Waals surface area contributed by atoms with Crippen LogP contribution in [0.15, 0.2) is 53.3 Å². The number of phenolic OH excluding ortho intramolecular Hbond substituents is 2. The van der Waals surface area contributed by atoms with E-state index in [1.807, 2.05) is 0 Å². The molecule has 0 spiro atoms. The van der Waals surface area contributed by atoms with Crippen LogP contribution >= 0.6 is 0 Å². The fourth-order valence-electron chi connectivity index (χ4n) is 7.03. The highest BCUT2D eigenvalue weighted by Gasteiger charge is 2.81. The summed E-state index contributed by atoms with van der Waals surface area (Å²) < 4.78 is 5.71. The highest BCUT2D eigenvalue weighted by atomic mass is 16.6. The molecule has 2 aromatic carbocycles. The molecule has 2 amide bonds. The second-order valence-corrected chi connectivity index (χ2v) is 11.7. The van der Waals surface area contributed by atoms with E-state index in [1.54, 1.807) is 6.07 Å². The van der Waals surface area contributed by atoms with Crippen LogP contribution < -0.4 is 28.3 Å². The van der Waals surface area contributed by atoms with E-state index in [1.165, 1.54) is 26.2 Å². The maximum atomic E-state index is 14.7. The van der Waals surface area contributed by atoms with Crippen LogP contribution in [0.5, 0.6) is 11.5 Å². The van der Waals surface area contributed by atoms with Gasteiger partial charge in [0, 0.05) is 0 Å². The molecule has 19 heteroatoms. The first-order valence-electron chi connectivity index (χ1n) is 13.8. The quantitative estimate of drug-likeness (QED) is 0.0817. The molecule has 48 heavy (non-hydrogen) atoms. The molecule has 3 aliphatic rings. The molecular formula is C29H28N8O11. The minimum absolute atomic E-state index is 0.107. The number of amides is 2. The Morgan fingerprint density at radius 1 is 1.12 bits per heavy atom. The normalized spacial score (nSPS) is 29.4. The summed E-state index contributed by atoms with van der Waals surface area (Å²) in [5.41, 5.74) is 12.9. The number of hydrogen-bond acceptors (Lipinski definition) is 16. The predicted octanol–water partition coefficient (Wildman–Crippen LogP) is -0.796. The number of nitrogens with zero attached hydrogens (tertiary/aromatic N) is 3. The number of anilines is 1. The smallest absolute Gasteiger partial charge is 0.412 e. The Bertz CT molecular complexity index is 1970. The zero-order chi connectivity index (χ0) is 35.8. The lowest BCUT2D eigenvalue weighted by molar-refractivity contribution is -0.384. The molecule has 19 nitrogen and oxygen atoms in total. The van der Waals surface area contributed by atoms with Gasteiger partial charge in [-0.15, -0.1) is 0 Å². The van der Waals surface area contributed by atoms with Crippen LogP contribution in [-0.4, -0.2) is 91.1 Å². The molecule has 0 saturated heterocycles. The summed E-state index contributed by atoms with van der Waals surface area (Å²) in [5.74, 6) is -8.17. The monoisotopic (exact) mass is 664 g/mol. The van der Waals surface area contributed by atoms with Gasteiger partial charge in [0.2, 0.25) is 5.41 Å². The number of likely N-dealkylation sites (N-methyl/N-ethyl adjacent to an activating group) is 1. The van der Waals surface area contributed by atoms with E-state index in [4.69, 9.17) is 27.7 Å². The second kappa shape index (κ2) is 10.7. The molecule has 0 aromatic heterocycles. The van der Waals surface area contributed by atoms with Gasteiger partial charge in [0.25, 0.3) is 11.6 Å². The maximum Gasteiger partial charge on any atom is 0.412 e. The summed E-state index contributed by atoms with van der Waals surface area (Å²) in [6, 6.07) is 4.20. The van der Waals surface area contributed by atoms with Crippen molar-refractivity contribution in [1.82, 2.24) is 4.90 Å². The Balaban J connectivity index is 1.88. The predicted molar refractivity (Wildman–Crippen MR) is 161 cm³/mol. The van der Waals surface area contributed by atoms with Crippen LogP contribution in [0.25, 0.3) is 5.76 Å². The van der Waals surface area contributed by atoms with Crippen molar-refractivity contribution >= 4 is 40.7 Å². The third-order valence-electron chi connectivity index (χ3n) is 9.03. The van der Waals surface area contributed by atoms with Gasteiger partial charge in [0.15, 0.2) is 17.7 Å². The number of nitrogens with two attached hydrogens (primary N) is 4. The number of benzene rings is 2. The van der Waals surface area contributed by atoms with Gasteiger partial charge in [0.05, 0.1) is 40.3 Å². The topological polar surface area (TPSA) is 345 Å². The Morgan fingerprint density at radius 3 is 2.33 bits per heavy atom. The average molecular weight is 665 g/mol. The van der Waals surface area contributed by atoms with Gasteiger partial charge in [0.1, 0.15) is 45.4 Å². The summed E-state index contributed by atoms with van der Waals surface area (Å²) in [7, 11) is 2.48. The van der Waals surface area contributed by atoms with Crippen molar-refractivity contribution in [3.63, 3.8) is 0 Å². The average Bonchev–Trinajstić information content (AvgIpc) is 2.98. The number of primary amides is 1. The molecule has 13 N–H and O–H groups in total. The summed E-state index contributed by atoms with van der Waals surface area (Å²) in [4.78, 5) is 66.5. The maximum absolute atomic E-state index is 14.7. The Hall–Kier alpha value is -6.07. The number of rotatable bonds is 5. The number of ketones is 2. The summed E-state index contributed by atoms with van der Waals surface area (Å²) in [6.07, 6.45) is -3.99.